The van der Waals surface area contributed by atoms with Crippen molar-refractivity contribution in [3.8, 4) is 11.5 Å². The van der Waals surface area contributed by atoms with Crippen LogP contribution in [0.15, 0.2) is 46.0 Å². The monoisotopic (exact) mass is 449 g/mol. The zero-order valence-electron chi connectivity index (χ0n) is 15.6. The topological polar surface area (TPSA) is 98.3 Å². The largest absolute Gasteiger partial charge is 0.493 e. The average Bonchev–Trinajstić information content (AvgIpc) is 2.69. The first-order valence-corrected chi connectivity index (χ1v) is 8.96. The Labute approximate surface area is 171 Å². The van der Waals surface area contributed by atoms with Crippen LogP contribution in [0.1, 0.15) is 11.1 Å². The standard InChI is InChI=1S/C19H20BrN3O5/c1-12-6-4-5-7-15(12)22-19(25)23-21-10-13-8-16(26-2)17(9-14(13)20)28-11-18(24)27-3/h4-10H,11H2,1-3H3,(H2,22,23,25). The minimum Gasteiger partial charge on any atom is -0.493 e. The van der Waals surface area contributed by atoms with E-state index in [0.29, 0.717) is 27.2 Å². The van der Waals surface area contributed by atoms with Gasteiger partial charge in [0.15, 0.2) is 18.1 Å². The molecule has 2 N–H and O–H groups in total. The smallest absolute Gasteiger partial charge is 0.343 e. The number of nitrogens with one attached hydrogen (secondary N) is 2. The Kier molecular flexibility index (Phi) is 7.82. The van der Waals surface area contributed by atoms with E-state index in [9.17, 15) is 9.59 Å². The minimum absolute atomic E-state index is 0.243. The fourth-order valence-corrected chi connectivity index (χ4v) is 2.57. The van der Waals surface area contributed by atoms with E-state index in [1.165, 1.54) is 20.4 Å². The number of amides is 2. The molecule has 2 aromatic carbocycles. The maximum Gasteiger partial charge on any atom is 0.343 e. The number of carbonyl (C=O) groups is 2. The molecule has 0 aliphatic rings. The van der Waals surface area contributed by atoms with Gasteiger partial charge in [0, 0.05) is 15.7 Å². The van der Waals surface area contributed by atoms with Gasteiger partial charge in [0.1, 0.15) is 0 Å². The molecule has 0 unspecified atom stereocenters. The lowest BCUT2D eigenvalue weighted by molar-refractivity contribution is -0.142. The number of urea groups is 1. The summed E-state index contributed by atoms with van der Waals surface area (Å²) in [5.41, 5.74) is 4.68. The molecule has 28 heavy (non-hydrogen) atoms. The van der Waals surface area contributed by atoms with Crippen LogP contribution < -0.4 is 20.2 Å². The summed E-state index contributed by atoms with van der Waals surface area (Å²) in [5, 5.41) is 6.64. The quantitative estimate of drug-likeness (QED) is 0.383. The summed E-state index contributed by atoms with van der Waals surface area (Å²) in [6, 6.07) is 10.2. The molecule has 0 radical (unpaired) electrons. The number of ether oxygens (including phenoxy) is 3. The third kappa shape index (κ3) is 5.98. The zero-order chi connectivity index (χ0) is 20.5. The fraction of sp³-hybridized carbons (Fsp3) is 0.211. The first-order chi connectivity index (χ1) is 13.4. The lowest BCUT2D eigenvalue weighted by Crippen LogP contribution is -2.24. The van der Waals surface area contributed by atoms with Crippen molar-refractivity contribution in [1.29, 1.82) is 0 Å². The van der Waals surface area contributed by atoms with Gasteiger partial charge >= 0.3 is 12.0 Å². The van der Waals surface area contributed by atoms with Gasteiger partial charge in [0.2, 0.25) is 0 Å². The molecule has 0 saturated carbocycles. The number of rotatable bonds is 7. The molecule has 2 aromatic rings. The number of hydrazone groups is 1. The van der Waals surface area contributed by atoms with Crippen LogP contribution in [0.2, 0.25) is 0 Å². The molecule has 0 spiro atoms. The Bertz CT molecular complexity index is 886. The van der Waals surface area contributed by atoms with Crippen molar-refractivity contribution in [2.45, 2.75) is 6.92 Å². The highest BCUT2D eigenvalue weighted by molar-refractivity contribution is 9.10. The van der Waals surface area contributed by atoms with E-state index in [1.54, 1.807) is 18.2 Å². The van der Waals surface area contributed by atoms with E-state index in [1.807, 2.05) is 25.1 Å². The molecule has 9 heteroatoms. The van der Waals surface area contributed by atoms with Crippen LogP contribution >= 0.6 is 15.9 Å². The number of hydrogen-bond acceptors (Lipinski definition) is 6. The zero-order valence-corrected chi connectivity index (χ0v) is 17.2. The second-order valence-corrected chi connectivity index (χ2v) is 6.38. The molecule has 2 amide bonds. The van der Waals surface area contributed by atoms with Gasteiger partial charge in [-0.25, -0.2) is 15.0 Å². The number of para-hydroxylation sites is 1. The normalized spacial score (nSPS) is 10.4. The summed E-state index contributed by atoms with van der Waals surface area (Å²) in [6.45, 7) is 1.65. The fourth-order valence-electron chi connectivity index (χ4n) is 2.14. The average molecular weight is 450 g/mol. The number of nitrogens with zero attached hydrogens (tertiary/aromatic N) is 1. The molecule has 2 rings (SSSR count). The van der Waals surface area contributed by atoms with Gasteiger partial charge in [-0.05, 0) is 46.6 Å². The van der Waals surface area contributed by atoms with Crippen LogP contribution in [-0.4, -0.2) is 39.0 Å². The van der Waals surface area contributed by atoms with Crippen LogP contribution in [0, 0.1) is 6.92 Å². The molecular formula is C19H20BrN3O5. The number of carbonyl (C=O) groups excluding carboxylic acids is 2. The molecule has 8 nitrogen and oxygen atoms in total. The van der Waals surface area contributed by atoms with Crippen LogP contribution in [0.4, 0.5) is 10.5 Å². The second-order valence-electron chi connectivity index (χ2n) is 5.53. The van der Waals surface area contributed by atoms with Crippen LogP contribution in [0.5, 0.6) is 11.5 Å². The molecule has 0 fully saturated rings. The van der Waals surface area contributed by atoms with Crippen LogP contribution in [0.3, 0.4) is 0 Å². The third-order valence-electron chi connectivity index (χ3n) is 3.62. The van der Waals surface area contributed by atoms with Gasteiger partial charge in [0.25, 0.3) is 0 Å². The number of hydrogen-bond donors (Lipinski definition) is 2. The molecule has 0 aromatic heterocycles. The molecule has 0 aliphatic heterocycles. The highest BCUT2D eigenvalue weighted by atomic mass is 79.9. The highest BCUT2D eigenvalue weighted by Crippen LogP contribution is 2.32. The number of methoxy groups -OCH3 is 2. The molecule has 0 aliphatic carbocycles. The first-order valence-electron chi connectivity index (χ1n) is 8.17. The van der Waals surface area contributed by atoms with Crippen molar-refractivity contribution in [2.24, 2.45) is 5.10 Å². The predicted octanol–water partition coefficient (Wildman–Crippen LogP) is 3.47. The summed E-state index contributed by atoms with van der Waals surface area (Å²) < 4.78 is 15.8. The number of benzene rings is 2. The molecule has 148 valence electrons. The van der Waals surface area contributed by atoms with E-state index in [-0.39, 0.29) is 6.61 Å². The maximum atomic E-state index is 12.0. The van der Waals surface area contributed by atoms with Crippen LogP contribution in [0.25, 0.3) is 0 Å². The van der Waals surface area contributed by atoms with Crippen molar-refractivity contribution in [3.05, 3.63) is 52.0 Å². The summed E-state index contributed by atoms with van der Waals surface area (Å²) >= 11 is 3.39. The third-order valence-corrected chi connectivity index (χ3v) is 4.31. The van der Waals surface area contributed by atoms with Gasteiger partial charge < -0.3 is 19.5 Å². The summed E-state index contributed by atoms with van der Waals surface area (Å²) in [6.07, 6.45) is 1.45. The minimum atomic E-state index is -0.507. The van der Waals surface area contributed by atoms with E-state index < -0.39 is 12.0 Å². The van der Waals surface area contributed by atoms with E-state index in [4.69, 9.17) is 9.47 Å². The molecule has 0 heterocycles. The van der Waals surface area contributed by atoms with Crippen molar-refractivity contribution >= 4 is 39.8 Å². The second kappa shape index (κ2) is 10.3. The van der Waals surface area contributed by atoms with Crippen molar-refractivity contribution in [2.75, 3.05) is 26.1 Å². The van der Waals surface area contributed by atoms with Crippen LogP contribution in [-0.2, 0) is 9.53 Å². The van der Waals surface area contributed by atoms with Crippen molar-refractivity contribution < 1.29 is 23.8 Å². The number of esters is 1. The Balaban J connectivity index is 2.03. The number of anilines is 1. The Hall–Kier alpha value is -3.07. The summed E-state index contributed by atoms with van der Waals surface area (Å²) in [4.78, 5) is 23.2. The van der Waals surface area contributed by atoms with Crippen molar-refractivity contribution in [3.63, 3.8) is 0 Å². The van der Waals surface area contributed by atoms with E-state index >= 15 is 0 Å². The van der Waals surface area contributed by atoms with Gasteiger partial charge in [-0.2, -0.15) is 5.10 Å². The SMILES string of the molecule is COC(=O)COc1cc(Br)c(C=NNC(=O)Nc2ccccc2C)cc1OC. The number of aryl methyl sites for hydroxylation is 1. The molecule has 0 saturated heterocycles. The Morgan fingerprint density at radius 2 is 1.93 bits per heavy atom. The highest BCUT2D eigenvalue weighted by Gasteiger charge is 2.11. The maximum absolute atomic E-state index is 12.0. The molecular weight excluding hydrogens is 430 g/mol. The summed E-state index contributed by atoms with van der Waals surface area (Å²) in [7, 11) is 2.75. The van der Waals surface area contributed by atoms with Crippen molar-refractivity contribution in [1.82, 2.24) is 5.43 Å². The van der Waals surface area contributed by atoms with Gasteiger partial charge in [0.05, 0.1) is 20.4 Å². The predicted molar refractivity (Wildman–Crippen MR) is 109 cm³/mol. The van der Waals surface area contributed by atoms with E-state index in [0.717, 1.165) is 5.56 Å². The first kappa shape index (κ1) is 21.2. The van der Waals surface area contributed by atoms with E-state index in [2.05, 4.69) is 36.5 Å². The molecule has 0 atom stereocenters. The lowest BCUT2D eigenvalue weighted by Gasteiger charge is -2.12. The lowest BCUT2D eigenvalue weighted by atomic mass is 10.2. The Morgan fingerprint density at radius 3 is 2.61 bits per heavy atom. The number of halogens is 1. The van der Waals surface area contributed by atoms with Gasteiger partial charge in [-0.15, -0.1) is 0 Å². The van der Waals surface area contributed by atoms with Gasteiger partial charge in [-0.3, -0.25) is 0 Å². The Morgan fingerprint density at radius 1 is 1.18 bits per heavy atom. The summed E-state index contributed by atoms with van der Waals surface area (Å²) in [5.74, 6) is 0.257. The molecule has 0 bridgehead atoms. The van der Waals surface area contributed by atoms with Gasteiger partial charge in [-0.1, -0.05) is 18.2 Å².